The zero-order valence-electron chi connectivity index (χ0n) is 9.14. The van der Waals surface area contributed by atoms with E-state index in [9.17, 15) is 21.6 Å². The number of alkyl halides is 3. The normalized spacial score (nSPS) is 11.6. The quantitative estimate of drug-likeness (QED) is 0.384. The van der Waals surface area contributed by atoms with Crippen LogP contribution in [0.3, 0.4) is 0 Å². The van der Waals surface area contributed by atoms with E-state index in [0.29, 0.717) is 13.0 Å². The molecule has 0 rings (SSSR count). The summed E-state index contributed by atoms with van der Waals surface area (Å²) in [5.41, 5.74) is 0. The zero-order chi connectivity index (χ0) is 14.8. The van der Waals surface area contributed by atoms with Gasteiger partial charge in [-0.15, -0.1) is 0 Å². The van der Waals surface area contributed by atoms with Crippen molar-refractivity contribution in [3.05, 3.63) is 0 Å². The van der Waals surface area contributed by atoms with Crippen LogP contribution in [0.1, 0.15) is 6.42 Å². The number of rotatable bonds is 6. The average molecular weight is 297 g/mol. The van der Waals surface area contributed by atoms with Crippen molar-refractivity contribution in [2.75, 3.05) is 25.4 Å². The zero-order valence-corrected chi connectivity index (χ0v) is 9.96. The van der Waals surface area contributed by atoms with E-state index in [0.717, 1.165) is 0 Å². The van der Waals surface area contributed by atoms with Crippen LogP contribution in [-0.4, -0.2) is 60.8 Å². The highest BCUT2D eigenvalue weighted by molar-refractivity contribution is 7.85. The molecule has 0 aromatic carbocycles. The number of halogens is 3. The number of nitrogens with one attached hydrogen (secondary N) is 1. The highest BCUT2D eigenvalue weighted by Gasteiger charge is 2.38. The molecule has 4 N–H and O–H groups in total. The molecule has 11 heteroatoms. The Morgan fingerprint density at radius 3 is 1.94 bits per heavy atom. The van der Waals surface area contributed by atoms with E-state index in [1.165, 1.54) is 0 Å². The maximum absolute atomic E-state index is 10.6. The topological polar surface area (TPSA) is 124 Å². The van der Waals surface area contributed by atoms with E-state index in [4.69, 9.17) is 19.6 Å². The number of carboxylic acid groups (broad SMARTS) is 1. The standard InChI is InChI=1S/C5H13NO4S.C2HF3O2/c7-4-1-2-6-3-5-11(8,9)10;3-2(4,5)1(6)7/h6-7H,1-5H2,(H,8,9,10);(H,6,7). The van der Waals surface area contributed by atoms with E-state index >= 15 is 0 Å². The lowest BCUT2D eigenvalue weighted by atomic mass is 10.4. The summed E-state index contributed by atoms with van der Waals surface area (Å²) in [6.45, 7) is 0.865. The predicted molar refractivity (Wildman–Crippen MR) is 54.7 cm³/mol. The maximum Gasteiger partial charge on any atom is 0.490 e. The van der Waals surface area contributed by atoms with Crippen molar-refractivity contribution in [1.29, 1.82) is 0 Å². The van der Waals surface area contributed by atoms with Crippen LogP contribution in [0.5, 0.6) is 0 Å². The van der Waals surface area contributed by atoms with Gasteiger partial charge in [0.2, 0.25) is 0 Å². The fraction of sp³-hybridized carbons (Fsp3) is 0.857. The van der Waals surface area contributed by atoms with Gasteiger partial charge in [-0.3, -0.25) is 4.55 Å². The van der Waals surface area contributed by atoms with Crippen molar-refractivity contribution in [2.45, 2.75) is 12.6 Å². The second-order valence-electron chi connectivity index (χ2n) is 2.92. The Balaban J connectivity index is 0. The lowest BCUT2D eigenvalue weighted by molar-refractivity contribution is -0.192. The third-order valence-corrected chi connectivity index (χ3v) is 2.01. The molecule has 0 heterocycles. The first-order chi connectivity index (χ1) is 8.00. The molecule has 0 radical (unpaired) electrons. The molecular weight excluding hydrogens is 283 g/mol. The molecule has 0 saturated heterocycles. The van der Waals surface area contributed by atoms with Crippen molar-refractivity contribution in [1.82, 2.24) is 5.32 Å². The Kier molecular flexibility index (Phi) is 9.80. The van der Waals surface area contributed by atoms with Crippen LogP contribution in [0.15, 0.2) is 0 Å². The van der Waals surface area contributed by atoms with Crippen LogP contribution in [-0.2, 0) is 14.9 Å². The van der Waals surface area contributed by atoms with Crippen LogP contribution in [0.2, 0.25) is 0 Å². The monoisotopic (exact) mass is 297 g/mol. The Bertz CT molecular complexity index is 329. The number of aliphatic hydroxyl groups excluding tert-OH is 1. The molecule has 0 bridgehead atoms. The van der Waals surface area contributed by atoms with Gasteiger partial charge in [-0.2, -0.15) is 21.6 Å². The Morgan fingerprint density at radius 2 is 1.67 bits per heavy atom. The van der Waals surface area contributed by atoms with Gasteiger partial charge in [-0.25, -0.2) is 4.79 Å². The number of aliphatic hydroxyl groups is 1. The number of hydrogen-bond acceptors (Lipinski definition) is 5. The van der Waals surface area contributed by atoms with Crippen molar-refractivity contribution in [3.8, 4) is 0 Å². The van der Waals surface area contributed by atoms with Crippen LogP contribution in [0.25, 0.3) is 0 Å². The number of hydrogen-bond donors (Lipinski definition) is 4. The van der Waals surface area contributed by atoms with Crippen LogP contribution in [0, 0.1) is 0 Å². The molecule has 0 aliphatic carbocycles. The Labute approximate surface area is 101 Å². The molecule has 0 aliphatic rings. The van der Waals surface area contributed by atoms with E-state index in [2.05, 4.69) is 5.32 Å². The van der Waals surface area contributed by atoms with Crippen LogP contribution >= 0.6 is 0 Å². The van der Waals surface area contributed by atoms with Crippen molar-refractivity contribution in [2.24, 2.45) is 0 Å². The van der Waals surface area contributed by atoms with Gasteiger partial charge in [0.1, 0.15) is 0 Å². The summed E-state index contributed by atoms with van der Waals surface area (Å²) in [4.78, 5) is 8.90. The van der Waals surface area contributed by atoms with Gasteiger partial charge in [0.25, 0.3) is 10.1 Å². The summed E-state index contributed by atoms with van der Waals surface area (Å²) in [6, 6.07) is 0. The van der Waals surface area contributed by atoms with Crippen LogP contribution in [0.4, 0.5) is 13.2 Å². The van der Waals surface area contributed by atoms with E-state index in [1.807, 2.05) is 0 Å². The Hall–Kier alpha value is -0.910. The molecule has 0 amide bonds. The molecule has 0 atom stereocenters. The van der Waals surface area contributed by atoms with Gasteiger partial charge < -0.3 is 15.5 Å². The number of aliphatic carboxylic acids is 1. The minimum Gasteiger partial charge on any atom is -0.475 e. The molecule has 7 nitrogen and oxygen atoms in total. The van der Waals surface area contributed by atoms with Crippen molar-refractivity contribution < 1.29 is 41.1 Å². The molecule has 0 fully saturated rings. The SMILES string of the molecule is O=C(O)C(F)(F)F.O=S(=O)(O)CCNCCCO. The molecule has 0 aliphatic heterocycles. The summed E-state index contributed by atoms with van der Waals surface area (Å²) in [5.74, 6) is -3.04. The summed E-state index contributed by atoms with van der Waals surface area (Å²) < 4.78 is 60.3. The van der Waals surface area contributed by atoms with Crippen LogP contribution < -0.4 is 5.32 Å². The first-order valence-corrected chi connectivity index (χ1v) is 6.18. The fourth-order valence-corrected chi connectivity index (χ4v) is 0.932. The third kappa shape index (κ3) is 17.5. The largest absolute Gasteiger partial charge is 0.490 e. The number of carbonyl (C=O) groups is 1. The van der Waals surface area contributed by atoms with Gasteiger partial charge in [0, 0.05) is 13.2 Å². The molecule has 0 saturated carbocycles. The van der Waals surface area contributed by atoms with E-state index < -0.39 is 22.3 Å². The van der Waals surface area contributed by atoms with Gasteiger partial charge >= 0.3 is 12.1 Å². The van der Waals surface area contributed by atoms with Crippen molar-refractivity contribution >= 4 is 16.1 Å². The second-order valence-corrected chi connectivity index (χ2v) is 4.49. The minimum atomic E-state index is -5.08. The molecule has 18 heavy (non-hydrogen) atoms. The lowest BCUT2D eigenvalue weighted by Crippen LogP contribution is -2.23. The minimum absolute atomic E-state index is 0.0822. The molecular formula is C7H14F3NO6S. The van der Waals surface area contributed by atoms with Gasteiger partial charge in [0.05, 0.1) is 5.75 Å². The first-order valence-electron chi connectivity index (χ1n) is 4.57. The first kappa shape index (κ1) is 19.4. The highest BCUT2D eigenvalue weighted by atomic mass is 32.2. The lowest BCUT2D eigenvalue weighted by Gasteiger charge is -2.00. The summed E-state index contributed by atoms with van der Waals surface area (Å²) in [5, 5.41) is 18.2. The highest BCUT2D eigenvalue weighted by Crippen LogP contribution is 2.13. The third-order valence-electron chi connectivity index (χ3n) is 1.29. The maximum atomic E-state index is 10.6. The van der Waals surface area contributed by atoms with Gasteiger partial charge in [-0.1, -0.05) is 0 Å². The molecule has 0 aromatic rings. The molecule has 110 valence electrons. The Morgan fingerprint density at radius 1 is 1.22 bits per heavy atom. The second kappa shape index (κ2) is 9.08. The molecule has 0 spiro atoms. The van der Waals surface area contributed by atoms with Gasteiger partial charge in [-0.05, 0) is 13.0 Å². The smallest absolute Gasteiger partial charge is 0.475 e. The average Bonchev–Trinajstić information content (AvgIpc) is 2.15. The van der Waals surface area contributed by atoms with E-state index in [-0.39, 0.29) is 18.9 Å². The number of carboxylic acids is 1. The fourth-order valence-electron chi connectivity index (χ4n) is 0.530. The van der Waals surface area contributed by atoms with Gasteiger partial charge in [0.15, 0.2) is 0 Å². The van der Waals surface area contributed by atoms with Crippen molar-refractivity contribution in [3.63, 3.8) is 0 Å². The summed E-state index contributed by atoms with van der Waals surface area (Å²) in [7, 11) is -3.84. The molecule has 0 unspecified atom stereocenters. The summed E-state index contributed by atoms with van der Waals surface area (Å²) >= 11 is 0. The summed E-state index contributed by atoms with van der Waals surface area (Å²) in [6.07, 6.45) is -4.49. The predicted octanol–water partition coefficient (Wildman–Crippen LogP) is -0.520. The van der Waals surface area contributed by atoms with E-state index in [1.54, 1.807) is 0 Å². The molecule has 0 aromatic heterocycles.